The lowest BCUT2D eigenvalue weighted by atomic mass is 9.84. The number of benzene rings is 1. The molecule has 0 unspecified atom stereocenters. The van der Waals surface area contributed by atoms with Crippen LogP contribution in [0.15, 0.2) is 41.9 Å². The lowest BCUT2D eigenvalue weighted by molar-refractivity contribution is -0.138. The quantitative estimate of drug-likeness (QED) is 0.548. The van der Waals surface area contributed by atoms with Crippen molar-refractivity contribution in [3.8, 4) is 0 Å². The molecule has 2 aromatic rings. The SMILES string of the molecule is CN=C(NCc1cccc(Cn2cncn2)c1)NCC1(C(=O)N(C)C)CCCC1. The number of nitrogens with zero attached hydrogens (tertiary/aromatic N) is 5. The van der Waals surface area contributed by atoms with E-state index in [1.807, 2.05) is 20.2 Å². The number of amides is 1. The Labute approximate surface area is 172 Å². The van der Waals surface area contributed by atoms with Crippen LogP contribution >= 0.6 is 0 Å². The molecular formula is C21H31N7O. The summed E-state index contributed by atoms with van der Waals surface area (Å²) in [6.07, 6.45) is 7.32. The second kappa shape index (κ2) is 9.54. The van der Waals surface area contributed by atoms with Crippen LogP contribution in [0.2, 0.25) is 0 Å². The predicted octanol–water partition coefficient (Wildman–Crippen LogP) is 1.64. The molecule has 8 nitrogen and oxygen atoms in total. The molecule has 0 atom stereocenters. The Morgan fingerprint density at radius 1 is 1.24 bits per heavy atom. The minimum Gasteiger partial charge on any atom is -0.355 e. The standard InChI is InChI=1S/C21H31N7O/c1-22-20(25-14-21(9-4-5-10-21)19(29)27(2)3)24-12-17-7-6-8-18(11-17)13-28-16-23-15-26-28/h6-8,11,15-16H,4-5,9-10,12-14H2,1-3H3,(H2,22,24,25). The van der Waals surface area contributed by atoms with Gasteiger partial charge in [-0.3, -0.25) is 9.79 Å². The first-order chi connectivity index (χ1) is 14.0. The van der Waals surface area contributed by atoms with Crippen LogP contribution in [0.4, 0.5) is 0 Å². The Balaban J connectivity index is 1.56. The van der Waals surface area contributed by atoms with Gasteiger partial charge in [0.25, 0.3) is 0 Å². The smallest absolute Gasteiger partial charge is 0.230 e. The number of hydrogen-bond acceptors (Lipinski definition) is 4. The van der Waals surface area contributed by atoms with E-state index in [2.05, 4.69) is 43.9 Å². The van der Waals surface area contributed by atoms with Gasteiger partial charge in [-0.1, -0.05) is 37.1 Å². The van der Waals surface area contributed by atoms with Crippen LogP contribution < -0.4 is 10.6 Å². The summed E-state index contributed by atoms with van der Waals surface area (Å²) in [5.41, 5.74) is 2.00. The molecular weight excluding hydrogens is 366 g/mol. The third kappa shape index (κ3) is 5.34. The third-order valence-electron chi connectivity index (χ3n) is 5.50. The normalized spacial score (nSPS) is 15.9. The van der Waals surface area contributed by atoms with Crippen LogP contribution in [0, 0.1) is 5.41 Å². The summed E-state index contributed by atoms with van der Waals surface area (Å²) in [5.74, 6) is 0.920. The second-order valence-corrected chi connectivity index (χ2v) is 7.88. The fourth-order valence-corrected chi connectivity index (χ4v) is 3.99. The molecule has 1 aliphatic carbocycles. The van der Waals surface area contributed by atoms with Crippen LogP contribution in [0.25, 0.3) is 0 Å². The Hall–Kier alpha value is -2.90. The van der Waals surface area contributed by atoms with Crippen LogP contribution in [-0.4, -0.2) is 59.2 Å². The van der Waals surface area contributed by atoms with Gasteiger partial charge in [-0.15, -0.1) is 0 Å². The molecule has 1 aliphatic rings. The number of aliphatic imine (C=N–C) groups is 1. The zero-order valence-corrected chi connectivity index (χ0v) is 17.6. The maximum absolute atomic E-state index is 12.7. The van der Waals surface area contributed by atoms with E-state index in [1.165, 1.54) is 5.56 Å². The lowest BCUT2D eigenvalue weighted by Gasteiger charge is -2.31. The molecule has 2 N–H and O–H groups in total. The van der Waals surface area contributed by atoms with E-state index >= 15 is 0 Å². The van der Waals surface area contributed by atoms with E-state index in [1.54, 1.807) is 29.3 Å². The Morgan fingerprint density at radius 3 is 2.66 bits per heavy atom. The van der Waals surface area contributed by atoms with Gasteiger partial charge in [0.1, 0.15) is 12.7 Å². The molecule has 1 saturated carbocycles. The molecule has 1 aromatic carbocycles. The predicted molar refractivity (Wildman–Crippen MR) is 113 cm³/mol. The maximum Gasteiger partial charge on any atom is 0.230 e. The van der Waals surface area contributed by atoms with Gasteiger partial charge in [0, 0.05) is 34.2 Å². The zero-order valence-electron chi connectivity index (χ0n) is 17.6. The first-order valence-corrected chi connectivity index (χ1v) is 10.1. The fraction of sp³-hybridized carbons (Fsp3) is 0.524. The molecule has 1 aromatic heterocycles. The summed E-state index contributed by atoms with van der Waals surface area (Å²) in [7, 11) is 5.43. The summed E-state index contributed by atoms with van der Waals surface area (Å²) in [6.45, 7) is 1.95. The van der Waals surface area contributed by atoms with Crippen LogP contribution in [0.5, 0.6) is 0 Å². The highest BCUT2D eigenvalue weighted by Gasteiger charge is 2.42. The number of nitrogens with one attached hydrogen (secondary N) is 2. The van der Waals surface area contributed by atoms with Gasteiger partial charge in [-0.25, -0.2) is 9.67 Å². The van der Waals surface area contributed by atoms with E-state index in [4.69, 9.17) is 0 Å². The Bertz CT molecular complexity index is 823. The third-order valence-corrected chi connectivity index (χ3v) is 5.50. The highest BCUT2D eigenvalue weighted by Crippen LogP contribution is 2.38. The summed E-state index contributed by atoms with van der Waals surface area (Å²) in [5, 5.41) is 10.9. The summed E-state index contributed by atoms with van der Waals surface area (Å²) >= 11 is 0. The van der Waals surface area contributed by atoms with Gasteiger partial charge in [-0.2, -0.15) is 5.10 Å². The van der Waals surface area contributed by atoms with E-state index in [9.17, 15) is 4.79 Å². The first-order valence-electron chi connectivity index (χ1n) is 10.1. The minimum atomic E-state index is -0.321. The van der Waals surface area contributed by atoms with E-state index in [0.717, 1.165) is 31.2 Å². The summed E-state index contributed by atoms with van der Waals surface area (Å²) in [6, 6.07) is 8.35. The topological polar surface area (TPSA) is 87.4 Å². The number of rotatable bonds is 7. The molecule has 0 spiro atoms. The Kier molecular flexibility index (Phi) is 6.85. The van der Waals surface area contributed by atoms with E-state index < -0.39 is 0 Å². The summed E-state index contributed by atoms with van der Waals surface area (Å²) < 4.78 is 1.80. The van der Waals surface area contributed by atoms with Crippen molar-refractivity contribution < 1.29 is 4.79 Å². The molecule has 0 bridgehead atoms. The van der Waals surface area contributed by atoms with Crippen molar-refractivity contribution in [2.24, 2.45) is 10.4 Å². The molecule has 1 amide bonds. The van der Waals surface area contributed by atoms with Gasteiger partial charge >= 0.3 is 0 Å². The van der Waals surface area contributed by atoms with Crippen molar-refractivity contribution in [2.75, 3.05) is 27.7 Å². The lowest BCUT2D eigenvalue weighted by Crippen LogP contribution is -2.49. The van der Waals surface area contributed by atoms with Crippen molar-refractivity contribution in [2.45, 2.75) is 38.8 Å². The van der Waals surface area contributed by atoms with E-state index in [0.29, 0.717) is 25.6 Å². The van der Waals surface area contributed by atoms with Crippen LogP contribution in [0.1, 0.15) is 36.8 Å². The van der Waals surface area contributed by atoms with Crippen molar-refractivity contribution in [1.82, 2.24) is 30.3 Å². The second-order valence-electron chi connectivity index (χ2n) is 7.88. The Morgan fingerprint density at radius 2 is 2.00 bits per heavy atom. The molecule has 1 heterocycles. The molecule has 8 heteroatoms. The highest BCUT2D eigenvalue weighted by molar-refractivity contribution is 5.85. The van der Waals surface area contributed by atoms with Crippen molar-refractivity contribution in [1.29, 1.82) is 0 Å². The fourth-order valence-electron chi connectivity index (χ4n) is 3.99. The van der Waals surface area contributed by atoms with Gasteiger partial charge < -0.3 is 15.5 Å². The molecule has 0 radical (unpaired) electrons. The number of carbonyl (C=O) groups is 1. The monoisotopic (exact) mass is 397 g/mol. The number of aromatic nitrogens is 3. The number of carbonyl (C=O) groups excluding carboxylic acids is 1. The molecule has 3 rings (SSSR count). The maximum atomic E-state index is 12.7. The van der Waals surface area contributed by atoms with Gasteiger partial charge in [0.05, 0.1) is 12.0 Å². The zero-order chi connectivity index (χ0) is 20.7. The molecule has 29 heavy (non-hydrogen) atoms. The average Bonchev–Trinajstić information content (AvgIpc) is 3.40. The molecule has 0 aliphatic heterocycles. The van der Waals surface area contributed by atoms with Crippen molar-refractivity contribution >= 4 is 11.9 Å². The molecule has 0 saturated heterocycles. The van der Waals surface area contributed by atoms with Crippen LogP contribution in [-0.2, 0) is 17.9 Å². The average molecular weight is 398 g/mol. The van der Waals surface area contributed by atoms with Crippen molar-refractivity contribution in [3.05, 3.63) is 48.0 Å². The molecule has 156 valence electrons. The number of hydrogen-bond donors (Lipinski definition) is 2. The molecule has 1 fully saturated rings. The first kappa shape index (κ1) is 20.8. The minimum absolute atomic E-state index is 0.207. The van der Waals surface area contributed by atoms with Gasteiger partial charge in [0.2, 0.25) is 5.91 Å². The van der Waals surface area contributed by atoms with Gasteiger partial charge in [-0.05, 0) is 24.0 Å². The van der Waals surface area contributed by atoms with Crippen LogP contribution in [0.3, 0.4) is 0 Å². The summed E-state index contributed by atoms with van der Waals surface area (Å²) in [4.78, 5) is 22.8. The van der Waals surface area contributed by atoms with Gasteiger partial charge in [0.15, 0.2) is 5.96 Å². The van der Waals surface area contributed by atoms with Crippen molar-refractivity contribution in [3.63, 3.8) is 0 Å². The largest absolute Gasteiger partial charge is 0.355 e. The number of guanidine groups is 1. The highest BCUT2D eigenvalue weighted by atomic mass is 16.2. The van der Waals surface area contributed by atoms with E-state index in [-0.39, 0.29) is 11.3 Å².